The average Bonchev–Trinajstić information content (AvgIpc) is 2.33. The van der Waals surface area contributed by atoms with Crippen molar-refractivity contribution in [3.8, 4) is 0 Å². The number of thioether (sulfide) groups is 1. The second kappa shape index (κ2) is 5.63. The SMILES string of the molecule is CSC1(CNc2ccc(C(N)=S)c(F)c2F)CCC1. The predicted octanol–water partition coefficient (Wildman–Crippen LogP) is 3.30. The van der Waals surface area contributed by atoms with Crippen LogP contribution in [-0.2, 0) is 0 Å². The lowest BCUT2D eigenvalue weighted by molar-refractivity contribution is 0.379. The number of hydrogen-bond donors (Lipinski definition) is 2. The summed E-state index contributed by atoms with van der Waals surface area (Å²) < 4.78 is 27.7. The molecule has 6 heteroatoms. The number of halogens is 2. The summed E-state index contributed by atoms with van der Waals surface area (Å²) in [6.07, 6.45) is 5.46. The van der Waals surface area contributed by atoms with E-state index in [1.165, 1.54) is 18.6 Å². The van der Waals surface area contributed by atoms with Crippen LogP contribution in [0.4, 0.5) is 14.5 Å². The Kier molecular flexibility index (Phi) is 4.30. The Morgan fingerprint density at radius 1 is 1.42 bits per heavy atom. The van der Waals surface area contributed by atoms with E-state index in [2.05, 4.69) is 17.5 Å². The van der Waals surface area contributed by atoms with Crippen molar-refractivity contribution in [3.63, 3.8) is 0 Å². The molecule has 1 saturated carbocycles. The fraction of sp³-hybridized carbons (Fsp3) is 0.462. The van der Waals surface area contributed by atoms with Gasteiger partial charge in [-0.25, -0.2) is 8.78 Å². The van der Waals surface area contributed by atoms with Gasteiger partial charge in [0.15, 0.2) is 11.6 Å². The molecule has 1 aromatic carbocycles. The van der Waals surface area contributed by atoms with Crippen LogP contribution in [0.3, 0.4) is 0 Å². The fourth-order valence-electron chi connectivity index (χ4n) is 2.16. The second-order valence-electron chi connectivity index (χ2n) is 4.75. The first-order chi connectivity index (χ1) is 8.99. The van der Waals surface area contributed by atoms with Crippen molar-refractivity contribution in [2.24, 2.45) is 5.73 Å². The maximum absolute atomic E-state index is 13.9. The zero-order chi connectivity index (χ0) is 14.0. The van der Waals surface area contributed by atoms with Crippen LogP contribution in [0.15, 0.2) is 12.1 Å². The molecule has 0 unspecified atom stereocenters. The number of nitrogens with two attached hydrogens (primary N) is 1. The fourth-order valence-corrected chi connectivity index (χ4v) is 3.23. The van der Waals surface area contributed by atoms with Crippen LogP contribution in [-0.4, -0.2) is 22.5 Å². The van der Waals surface area contributed by atoms with E-state index in [1.807, 2.05) is 6.26 Å². The lowest BCUT2D eigenvalue weighted by Gasteiger charge is -2.40. The Bertz CT molecular complexity index is 496. The van der Waals surface area contributed by atoms with Gasteiger partial charge < -0.3 is 11.1 Å². The van der Waals surface area contributed by atoms with Gasteiger partial charge in [-0.15, -0.1) is 0 Å². The third kappa shape index (κ3) is 2.84. The molecule has 1 aliphatic carbocycles. The lowest BCUT2D eigenvalue weighted by atomic mass is 9.84. The van der Waals surface area contributed by atoms with E-state index in [-0.39, 0.29) is 21.0 Å². The molecule has 0 bridgehead atoms. The van der Waals surface area contributed by atoms with Crippen molar-refractivity contribution in [2.75, 3.05) is 18.1 Å². The molecule has 104 valence electrons. The molecule has 0 radical (unpaired) electrons. The molecule has 0 aromatic heterocycles. The zero-order valence-corrected chi connectivity index (χ0v) is 12.3. The van der Waals surface area contributed by atoms with E-state index in [1.54, 1.807) is 11.8 Å². The number of thiocarbonyl (C=S) groups is 1. The normalized spacial score (nSPS) is 16.8. The highest BCUT2D eigenvalue weighted by Crippen LogP contribution is 2.42. The highest BCUT2D eigenvalue weighted by Gasteiger charge is 2.36. The molecule has 0 aliphatic heterocycles. The molecule has 0 heterocycles. The molecule has 1 aromatic rings. The number of anilines is 1. The van der Waals surface area contributed by atoms with Gasteiger partial charge in [-0.2, -0.15) is 11.8 Å². The summed E-state index contributed by atoms with van der Waals surface area (Å²) in [6, 6.07) is 2.90. The molecule has 1 aliphatic rings. The van der Waals surface area contributed by atoms with Gasteiger partial charge in [0.2, 0.25) is 0 Å². The van der Waals surface area contributed by atoms with E-state index in [9.17, 15) is 8.78 Å². The van der Waals surface area contributed by atoms with Crippen LogP contribution in [0.2, 0.25) is 0 Å². The van der Waals surface area contributed by atoms with Gasteiger partial charge in [0.25, 0.3) is 0 Å². The molecule has 19 heavy (non-hydrogen) atoms. The predicted molar refractivity (Wildman–Crippen MR) is 80.8 cm³/mol. The standard InChI is InChI=1S/C13H16F2N2S2/c1-19-13(5-2-6-13)7-17-9-4-3-8(12(16)18)10(14)11(9)15/h3-4,17H,2,5-7H2,1H3,(H2,16,18). The largest absolute Gasteiger partial charge is 0.389 e. The highest BCUT2D eigenvalue weighted by atomic mass is 32.2. The third-order valence-corrected chi connectivity index (χ3v) is 5.29. The maximum Gasteiger partial charge on any atom is 0.182 e. The number of hydrogen-bond acceptors (Lipinski definition) is 3. The van der Waals surface area contributed by atoms with Crippen molar-refractivity contribution in [2.45, 2.75) is 24.0 Å². The number of benzene rings is 1. The summed E-state index contributed by atoms with van der Waals surface area (Å²) in [4.78, 5) is -0.137. The molecule has 0 spiro atoms. The first kappa shape index (κ1) is 14.5. The van der Waals surface area contributed by atoms with Gasteiger partial charge in [-0.3, -0.25) is 0 Å². The molecular weight excluding hydrogens is 286 g/mol. The minimum Gasteiger partial charge on any atom is -0.389 e. The summed E-state index contributed by atoms with van der Waals surface area (Å²) in [6.45, 7) is 0.636. The van der Waals surface area contributed by atoms with E-state index >= 15 is 0 Å². The van der Waals surface area contributed by atoms with Gasteiger partial charge in [0.1, 0.15) is 4.99 Å². The second-order valence-corrected chi connectivity index (χ2v) is 6.46. The van der Waals surface area contributed by atoms with Crippen molar-refractivity contribution in [3.05, 3.63) is 29.3 Å². The molecule has 3 N–H and O–H groups in total. The van der Waals surface area contributed by atoms with Gasteiger partial charge in [0, 0.05) is 16.9 Å². The quantitative estimate of drug-likeness (QED) is 0.819. The maximum atomic E-state index is 13.9. The van der Waals surface area contributed by atoms with E-state index in [0.717, 1.165) is 12.8 Å². The first-order valence-corrected chi connectivity index (χ1v) is 7.69. The van der Waals surface area contributed by atoms with Crippen molar-refractivity contribution in [1.82, 2.24) is 0 Å². The molecule has 0 amide bonds. The monoisotopic (exact) mass is 302 g/mol. The Labute approximate surface area is 121 Å². The molecular formula is C13H16F2N2S2. The van der Waals surface area contributed by atoms with Crippen LogP contribution in [0.1, 0.15) is 24.8 Å². The first-order valence-electron chi connectivity index (χ1n) is 6.06. The van der Waals surface area contributed by atoms with Crippen molar-refractivity contribution < 1.29 is 8.78 Å². The minimum absolute atomic E-state index is 0.0544. The lowest BCUT2D eigenvalue weighted by Crippen LogP contribution is -2.40. The summed E-state index contributed by atoms with van der Waals surface area (Å²) in [5.74, 6) is -1.90. The highest BCUT2D eigenvalue weighted by molar-refractivity contribution is 8.00. The molecule has 2 nitrogen and oxygen atoms in total. The average molecular weight is 302 g/mol. The van der Waals surface area contributed by atoms with Crippen LogP contribution in [0.5, 0.6) is 0 Å². The van der Waals surface area contributed by atoms with Gasteiger partial charge in [-0.05, 0) is 31.2 Å². The molecule has 0 atom stereocenters. The molecule has 0 saturated heterocycles. The summed E-state index contributed by atoms with van der Waals surface area (Å²) in [5.41, 5.74) is 5.44. The van der Waals surface area contributed by atoms with E-state index in [4.69, 9.17) is 5.73 Å². The number of nitrogens with one attached hydrogen (secondary N) is 1. The Morgan fingerprint density at radius 2 is 2.11 bits per heavy atom. The Morgan fingerprint density at radius 3 is 2.58 bits per heavy atom. The van der Waals surface area contributed by atoms with E-state index < -0.39 is 11.6 Å². The third-order valence-electron chi connectivity index (χ3n) is 3.65. The van der Waals surface area contributed by atoms with Gasteiger partial charge in [0.05, 0.1) is 5.69 Å². The van der Waals surface area contributed by atoms with Crippen molar-refractivity contribution >= 4 is 34.7 Å². The van der Waals surface area contributed by atoms with E-state index in [0.29, 0.717) is 6.54 Å². The van der Waals surface area contributed by atoms with Crippen molar-refractivity contribution in [1.29, 1.82) is 0 Å². The van der Waals surface area contributed by atoms with Crippen LogP contribution < -0.4 is 11.1 Å². The Hall–Kier alpha value is -0.880. The van der Waals surface area contributed by atoms with Gasteiger partial charge in [-0.1, -0.05) is 18.6 Å². The zero-order valence-electron chi connectivity index (χ0n) is 10.6. The Balaban J connectivity index is 2.13. The molecule has 1 fully saturated rings. The summed E-state index contributed by atoms with van der Waals surface area (Å²) >= 11 is 6.45. The van der Waals surface area contributed by atoms with Crippen LogP contribution in [0, 0.1) is 11.6 Å². The topological polar surface area (TPSA) is 38.0 Å². The van der Waals surface area contributed by atoms with Crippen LogP contribution >= 0.6 is 24.0 Å². The van der Waals surface area contributed by atoms with Gasteiger partial charge >= 0.3 is 0 Å². The summed E-state index contributed by atoms with van der Waals surface area (Å²) in [5, 5.41) is 2.99. The summed E-state index contributed by atoms with van der Waals surface area (Å²) in [7, 11) is 0. The molecule has 2 rings (SSSR count). The number of rotatable bonds is 5. The smallest absolute Gasteiger partial charge is 0.182 e. The van der Waals surface area contributed by atoms with Crippen LogP contribution in [0.25, 0.3) is 0 Å². The minimum atomic E-state index is -0.982.